The van der Waals surface area contributed by atoms with Gasteiger partial charge in [0.25, 0.3) is 0 Å². The zero-order chi connectivity index (χ0) is 13.5. The van der Waals surface area contributed by atoms with E-state index in [9.17, 15) is 0 Å². The van der Waals surface area contributed by atoms with Crippen molar-refractivity contribution in [1.29, 1.82) is 0 Å². The largest absolute Gasteiger partial charge is 0.378 e. The highest BCUT2D eigenvalue weighted by Crippen LogP contribution is 2.27. The number of ether oxygens (including phenoxy) is 1. The molecule has 0 aromatic heterocycles. The Morgan fingerprint density at radius 2 is 2.37 bits per heavy atom. The number of hydrogen-bond donors (Lipinski definition) is 1. The monoisotopic (exact) mass is 325 g/mol. The van der Waals surface area contributed by atoms with E-state index in [1.165, 1.54) is 35.7 Å². The van der Waals surface area contributed by atoms with E-state index in [1.807, 2.05) is 0 Å². The maximum absolute atomic E-state index is 5.74. The Kier molecular flexibility index (Phi) is 6.35. The van der Waals surface area contributed by atoms with Crippen LogP contribution >= 0.6 is 15.9 Å². The molecule has 1 fully saturated rings. The Labute approximate surface area is 125 Å². The summed E-state index contributed by atoms with van der Waals surface area (Å²) in [5.74, 6) is 0.585. The number of halogens is 1. The minimum Gasteiger partial charge on any atom is -0.378 e. The number of likely N-dealkylation sites (N-methyl/N-ethyl adjacent to an activating group) is 1. The molecule has 19 heavy (non-hydrogen) atoms. The maximum atomic E-state index is 5.74. The fourth-order valence-corrected chi connectivity index (χ4v) is 3.14. The fraction of sp³-hybridized carbons (Fsp3) is 0.625. The van der Waals surface area contributed by atoms with Crippen LogP contribution in [-0.4, -0.2) is 25.8 Å². The smallest absolute Gasteiger partial charge is 0.0576 e. The van der Waals surface area contributed by atoms with Crippen molar-refractivity contribution < 1.29 is 4.74 Å². The average Bonchev–Trinajstić information content (AvgIpc) is 2.92. The molecule has 2 unspecified atom stereocenters. The first-order valence-electron chi connectivity index (χ1n) is 7.37. The molecule has 1 aliphatic rings. The first-order chi connectivity index (χ1) is 9.29. The summed E-state index contributed by atoms with van der Waals surface area (Å²) in [5, 5.41) is 3.49. The molecule has 0 radical (unpaired) electrons. The maximum Gasteiger partial charge on any atom is 0.0576 e. The summed E-state index contributed by atoms with van der Waals surface area (Å²) in [6.45, 7) is 5.21. The second-order valence-corrected chi connectivity index (χ2v) is 6.19. The van der Waals surface area contributed by atoms with E-state index in [2.05, 4.69) is 52.4 Å². The number of nitrogens with one attached hydrogen (secondary N) is 1. The van der Waals surface area contributed by atoms with Crippen molar-refractivity contribution in [3.63, 3.8) is 0 Å². The summed E-state index contributed by atoms with van der Waals surface area (Å²) in [6, 6.07) is 8.71. The van der Waals surface area contributed by atoms with Crippen molar-refractivity contribution >= 4 is 15.9 Å². The van der Waals surface area contributed by atoms with Crippen LogP contribution in [0.1, 0.15) is 44.1 Å². The molecule has 1 aliphatic heterocycles. The molecule has 2 nitrogen and oxygen atoms in total. The molecule has 1 N–H and O–H groups in total. The van der Waals surface area contributed by atoms with Crippen LogP contribution in [0, 0.1) is 0 Å². The number of hydrogen-bond acceptors (Lipinski definition) is 2. The van der Waals surface area contributed by atoms with Gasteiger partial charge in [-0.1, -0.05) is 35.0 Å². The molecule has 106 valence electrons. The van der Waals surface area contributed by atoms with Gasteiger partial charge in [0, 0.05) is 17.6 Å². The van der Waals surface area contributed by atoms with Gasteiger partial charge in [-0.3, -0.25) is 0 Å². The molecule has 2 atom stereocenters. The van der Waals surface area contributed by atoms with E-state index in [0.717, 1.165) is 19.7 Å². The van der Waals surface area contributed by atoms with Gasteiger partial charge in [-0.25, -0.2) is 0 Å². The molecule has 1 aromatic carbocycles. The third kappa shape index (κ3) is 4.90. The average molecular weight is 326 g/mol. The van der Waals surface area contributed by atoms with Crippen molar-refractivity contribution in [2.75, 3.05) is 19.7 Å². The Morgan fingerprint density at radius 1 is 1.47 bits per heavy atom. The molecule has 2 rings (SSSR count). The molecule has 0 aliphatic carbocycles. The normalized spacial score (nSPS) is 20.6. The van der Waals surface area contributed by atoms with Crippen LogP contribution in [0.4, 0.5) is 0 Å². The SMILES string of the molecule is CCNCC(CCC1CCCO1)c1cccc(Br)c1. The fourth-order valence-electron chi connectivity index (χ4n) is 2.72. The molecule has 0 spiro atoms. The van der Waals surface area contributed by atoms with E-state index >= 15 is 0 Å². The van der Waals surface area contributed by atoms with Crippen molar-refractivity contribution in [2.45, 2.75) is 44.6 Å². The number of benzene rings is 1. The number of rotatable bonds is 7. The summed E-state index contributed by atoms with van der Waals surface area (Å²) >= 11 is 3.57. The zero-order valence-electron chi connectivity index (χ0n) is 11.7. The second kappa shape index (κ2) is 8.03. The Bertz CT molecular complexity index is 377. The summed E-state index contributed by atoms with van der Waals surface area (Å²) in [4.78, 5) is 0. The molecule has 1 aromatic rings. The molecule has 0 saturated carbocycles. The lowest BCUT2D eigenvalue weighted by molar-refractivity contribution is 0.101. The third-order valence-corrected chi connectivity index (χ3v) is 4.32. The Hall–Kier alpha value is -0.380. The second-order valence-electron chi connectivity index (χ2n) is 5.27. The molecule has 0 amide bonds. The molecular weight excluding hydrogens is 302 g/mol. The zero-order valence-corrected chi connectivity index (χ0v) is 13.3. The minimum absolute atomic E-state index is 0.497. The summed E-state index contributed by atoms with van der Waals surface area (Å²) < 4.78 is 6.91. The van der Waals surface area contributed by atoms with Gasteiger partial charge < -0.3 is 10.1 Å². The first kappa shape index (κ1) is 15.0. The minimum atomic E-state index is 0.497. The van der Waals surface area contributed by atoms with Crippen LogP contribution in [0.25, 0.3) is 0 Å². The van der Waals surface area contributed by atoms with Gasteiger partial charge in [-0.15, -0.1) is 0 Å². The van der Waals surface area contributed by atoms with Crippen LogP contribution in [-0.2, 0) is 4.74 Å². The van der Waals surface area contributed by atoms with Crippen LogP contribution in [0.2, 0.25) is 0 Å². The van der Waals surface area contributed by atoms with Gasteiger partial charge in [-0.2, -0.15) is 0 Å². The van der Waals surface area contributed by atoms with Crippen LogP contribution in [0.3, 0.4) is 0 Å². The van der Waals surface area contributed by atoms with Gasteiger partial charge in [0.2, 0.25) is 0 Å². The lowest BCUT2D eigenvalue weighted by Gasteiger charge is -2.20. The van der Waals surface area contributed by atoms with Gasteiger partial charge in [0.15, 0.2) is 0 Å². The highest BCUT2D eigenvalue weighted by atomic mass is 79.9. The quantitative estimate of drug-likeness (QED) is 0.814. The van der Waals surface area contributed by atoms with Crippen molar-refractivity contribution in [3.8, 4) is 0 Å². The third-order valence-electron chi connectivity index (χ3n) is 3.82. The Morgan fingerprint density at radius 3 is 3.05 bits per heavy atom. The topological polar surface area (TPSA) is 21.3 Å². The van der Waals surface area contributed by atoms with Crippen molar-refractivity contribution in [3.05, 3.63) is 34.3 Å². The summed E-state index contributed by atoms with van der Waals surface area (Å²) in [6.07, 6.45) is 5.36. The molecule has 0 bridgehead atoms. The predicted molar refractivity (Wildman–Crippen MR) is 83.6 cm³/mol. The van der Waals surface area contributed by atoms with E-state index in [4.69, 9.17) is 4.74 Å². The summed E-state index contributed by atoms with van der Waals surface area (Å²) in [7, 11) is 0. The van der Waals surface area contributed by atoms with Gasteiger partial charge in [0.05, 0.1) is 6.10 Å². The molecule has 1 heterocycles. The van der Waals surface area contributed by atoms with Crippen LogP contribution in [0.15, 0.2) is 28.7 Å². The highest BCUT2D eigenvalue weighted by Gasteiger charge is 2.18. The highest BCUT2D eigenvalue weighted by molar-refractivity contribution is 9.10. The molecule has 3 heteroatoms. The first-order valence-corrected chi connectivity index (χ1v) is 8.16. The van der Waals surface area contributed by atoms with E-state index in [-0.39, 0.29) is 0 Å². The van der Waals surface area contributed by atoms with Crippen molar-refractivity contribution in [1.82, 2.24) is 5.32 Å². The summed E-state index contributed by atoms with van der Waals surface area (Å²) in [5.41, 5.74) is 1.42. The van der Waals surface area contributed by atoms with Gasteiger partial charge in [0.1, 0.15) is 0 Å². The predicted octanol–water partition coefficient (Wildman–Crippen LogP) is 4.10. The van der Waals surface area contributed by atoms with E-state index in [0.29, 0.717) is 12.0 Å². The molecular formula is C16H24BrNO. The van der Waals surface area contributed by atoms with E-state index in [1.54, 1.807) is 0 Å². The Balaban J connectivity index is 1.94. The lowest BCUT2D eigenvalue weighted by atomic mass is 9.92. The van der Waals surface area contributed by atoms with Gasteiger partial charge in [-0.05, 0) is 55.8 Å². The van der Waals surface area contributed by atoms with E-state index < -0.39 is 0 Å². The van der Waals surface area contributed by atoms with Crippen LogP contribution < -0.4 is 5.32 Å². The van der Waals surface area contributed by atoms with Crippen molar-refractivity contribution in [2.24, 2.45) is 0 Å². The lowest BCUT2D eigenvalue weighted by Crippen LogP contribution is -2.22. The van der Waals surface area contributed by atoms with Crippen LogP contribution in [0.5, 0.6) is 0 Å². The standard InChI is InChI=1S/C16H24BrNO/c1-2-18-12-14(8-9-16-7-4-10-19-16)13-5-3-6-15(17)11-13/h3,5-6,11,14,16,18H,2,4,7-10,12H2,1H3. The molecule has 1 saturated heterocycles. The van der Waals surface area contributed by atoms with Gasteiger partial charge >= 0.3 is 0 Å².